The van der Waals surface area contributed by atoms with Crippen LogP contribution in [0.5, 0.6) is 0 Å². The molecule has 1 unspecified atom stereocenters. The van der Waals surface area contributed by atoms with Crippen molar-refractivity contribution in [3.63, 3.8) is 0 Å². The third-order valence-corrected chi connectivity index (χ3v) is 6.62. The van der Waals surface area contributed by atoms with Gasteiger partial charge in [0.2, 0.25) is 11.8 Å². The smallest absolute Gasteiger partial charge is 0.227 e. The summed E-state index contributed by atoms with van der Waals surface area (Å²) in [5.74, 6) is -0.262. The number of carbonyl (C=O) groups is 2. The Hall–Kier alpha value is -2.77. The number of rotatable bonds is 6. The van der Waals surface area contributed by atoms with Crippen LogP contribution < -0.4 is 10.2 Å². The lowest BCUT2D eigenvalue weighted by molar-refractivity contribution is -0.122. The molecule has 7 heteroatoms. The number of nitrogens with zero attached hydrogens (tertiary/aromatic N) is 2. The molecule has 2 amide bonds. The number of piperidine rings is 1. The number of aliphatic hydroxyl groups excluding tert-OH is 1. The summed E-state index contributed by atoms with van der Waals surface area (Å²) >= 11 is 0. The minimum atomic E-state index is -0.641. The van der Waals surface area contributed by atoms with E-state index in [9.17, 15) is 19.1 Å². The Labute approximate surface area is 188 Å². The van der Waals surface area contributed by atoms with E-state index in [2.05, 4.69) is 10.2 Å². The number of amides is 2. The maximum atomic E-state index is 13.4. The van der Waals surface area contributed by atoms with Gasteiger partial charge in [0.1, 0.15) is 5.82 Å². The van der Waals surface area contributed by atoms with Crippen molar-refractivity contribution in [3.05, 3.63) is 65.5 Å². The summed E-state index contributed by atoms with van der Waals surface area (Å²) in [5, 5.41) is 13.9. The molecule has 0 aliphatic carbocycles. The summed E-state index contributed by atoms with van der Waals surface area (Å²) in [4.78, 5) is 27.8. The fraction of sp³-hybridized carbons (Fsp3) is 0.440. The average molecular weight is 440 g/mol. The number of hydrogen-bond acceptors (Lipinski definition) is 4. The zero-order chi connectivity index (χ0) is 22.7. The van der Waals surface area contributed by atoms with Crippen molar-refractivity contribution >= 4 is 17.5 Å². The Balaban J connectivity index is 1.38. The van der Waals surface area contributed by atoms with Crippen molar-refractivity contribution in [2.24, 2.45) is 0 Å². The Bertz CT molecular complexity index is 953. The van der Waals surface area contributed by atoms with Gasteiger partial charge in [0.25, 0.3) is 0 Å². The Morgan fingerprint density at radius 1 is 1.09 bits per heavy atom. The SMILES string of the molecule is CC(=O)NC1(c2ccc(F)cc2)CCN(CC(O)c2ccc(N3CCCC3=O)cc2)CC1. The first-order valence-corrected chi connectivity index (χ1v) is 11.2. The van der Waals surface area contributed by atoms with E-state index in [0.29, 0.717) is 38.9 Å². The Kier molecular flexibility index (Phi) is 6.58. The van der Waals surface area contributed by atoms with Crippen LogP contribution in [-0.2, 0) is 15.1 Å². The number of benzene rings is 2. The van der Waals surface area contributed by atoms with E-state index in [1.54, 1.807) is 17.0 Å². The fourth-order valence-electron chi connectivity index (χ4n) is 4.86. The molecule has 0 bridgehead atoms. The monoisotopic (exact) mass is 439 g/mol. The van der Waals surface area contributed by atoms with Crippen molar-refractivity contribution in [1.29, 1.82) is 0 Å². The second kappa shape index (κ2) is 9.38. The standard InChI is InChI=1S/C25H30FN3O3/c1-18(30)27-25(20-6-8-21(26)9-7-20)12-15-28(16-13-25)17-23(31)19-4-10-22(11-5-19)29-14-2-3-24(29)32/h4-11,23,31H,2-3,12-17H2,1H3,(H,27,30). The first kappa shape index (κ1) is 22.4. The molecule has 32 heavy (non-hydrogen) atoms. The third-order valence-electron chi connectivity index (χ3n) is 6.62. The first-order valence-electron chi connectivity index (χ1n) is 11.2. The van der Waals surface area contributed by atoms with Gasteiger partial charge in [-0.05, 0) is 54.7 Å². The van der Waals surface area contributed by atoms with Crippen LogP contribution in [0.4, 0.5) is 10.1 Å². The summed E-state index contributed by atoms with van der Waals surface area (Å²) in [6, 6.07) is 13.9. The molecule has 2 heterocycles. The molecule has 170 valence electrons. The molecule has 2 aromatic carbocycles. The molecule has 2 aromatic rings. The van der Waals surface area contributed by atoms with Crippen LogP contribution in [0.25, 0.3) is 0 Å². The molecule has 2 aliphatic rings. The van der Waals surface area contributed by atoms with Crippen LogP contribution in [0.2, 0.25) is 0 Å². The molecule has 0 radical (unpaired) electrons. The molecule has 2 aliphatic heterocycles. The van der Waals surface area contributed by atoms with Gasteiger partial charge in [-0.25, -0.2) is 4.39 Å². The highest BCUT2D eigenvalue weighted by Crippen LogP contribution is 2.34. The highest BCUT2D eigenvalue weighted by atomic mass is 19.1. The summed E-state index contributed by atoms with van der Waals surface area (Å²) in [6.45, 7) is 4.14. The van der Waals surface area contributed by atoms with Gasteiger partial charge in [0, 0.05) is 45.2 Å². The second-order valence-corrected chi connectivity index (χ2v) is 8.83. The minimum absolute atomic E-state index is 0.112. The van der Waals surface area contributed by atoms with Crippen molar-refractivity contribution in [1.82, 2.24) is 10.2 Å². The predicted molar refractivity (Wildman–Crippen MR) is 121 cm³/mol. The van der Waals surface area contributed by atoms with Crippen LogP contribution in [-0.4, -0.2) is 48.0 Å². The molecule has 2 N–H and O–H groups in total. The Morgan fingerprint density at radius 2 is 1.75 bits per heavy atom. The fourth-order valence-corrected chi connectivity index (χ4v) is 4.86. The largest absolute Gasteiger partial charge is 0.387 e. The number of hydrogen-bond donors (Lipinski definition) is 2. The number of carbonyl (C=O) groups excluding carboxylic acids is 2. The lowest BCUT2D eigenvalue weighted by Crippen LogP contribution is -2.53. The number of nitrogens with one attached hydrogen (secondary N) is 1. The van der Waals surface area contributed by atoms with Crippen LogP contribution in [0.1, 0.15) is 49.8 Å². The van der Waals surface area contributed by atoms with Gasteiger partial charge in [-0.2, -0.15) is 0 Å². The molecule has 4 rings (SSSR count). The van der Waals surface area contributed by atoms with E-state index < -0.39 is 11.6 Å². The molecule has 6 nitrogen and oxygen atoms in total. The molecule has 0 spiro atoms. The number of likely N-dealkylation sites (tertiary alicyclic amines) is 1. The van der Waals surface area contributed by atoms with Crippen LogP contribution in [0.15, 0.2) is 48.5 Å². The van der Waals surface area contributed by atoms with Crippen molar-refractivity contribution in [3.8, 4) is 0 Å². The Morgan fingerprint density at radius 3 is 2.31 bits per heavy atom. The topological polar surface area (TPSA) is 72.9 Å². The second-order valence-electron chi connectivity index (χ2n) is 8.83. The van der Waals surface area contributed by atoms with Crippen molar-refractivity contribution in [2.45, 2.75) is 44.2 Å². The van der Waals surface area contributed by atoms with E-state index in [-0.39, 0.29) is 17.6 Å². The lowest BCUT2D eigenvalue weighted by Gasteiger charge is -2.43. The molecular formula is C25H30FN3O3. The average Bonchev–Trinajstić information content (AvgIpc) is 3.21. The minimum Gasteiger partial charge on any atom is -0.387 e. The van der Waals surface area contributed by atoms with Crippen molar-refractivity contribution < 1.29 is 19.1 Å². The van der Waals surface area contributed by atoms with E-state index in [1.165, 1.54) is 19.1 Å². The van der Waals surface area contributed by atoms with E-state index in [4.69, 9.17) is 0 Å². The van der Waals surface area contributed by atoms with Gasteiger partial charge in [0.15, 0.2) is 0 Å². The van der Waals surface area contributed by atoms with Gasteiger partial charge in [-0.15, -0.1) is 0 Å². The maximum absolute atomic E-state index is 13.4. The third kappa shape index (κ3) is 4.84. The number of anilines is 1. The van der Waals surface area contributed by atoms with Gasteiger partial charge in [-0.3, -0.25) is 9.59 Å². The molecule has 0 aromatic heterocycles. The van der Waals surface area contributed by atoms with Crippen LogP contribution >= 0.6 is 0 Å². The normalized spacial score (nSPS) is 19.7. The zero-order valence-corrected chi connectivity index (χ0v) is 18.4. The van der Waals surface area contributed by atoms with Crippen molar-refractivity contribution in [2.75, 3.05) is 31.1 Å². The van der Waals surface area contributed by atoms with Gasteiger partial charge in [0.05, 0.1) is 11.6 Å². The van der Waals surface area contributed by atoms with E-state index in [0.717, 1.165) is 29.8 Å². The van der Waals surface area contributed by atoms with E-state index >= 15 is 0 Å². The number of halogens is 1. The predicted octanol–water partition coefficient (Wildman–Crippen LogP) is 3.11. The molecule has 2 fully saturated rings. The molecular weight excluding hydrogens is 409 g/mol. The highest BCUT2D eigenvalue weighted by molar-refractivity contribution is 5.95. The van der Waals surface area contributed by atoms with Gasteiger partial charge in [-0.1, -0.05) is 24.3 Å². The summed E-state index contributed by atoms with van der Waals surface area (Å²) < 4.78 is 13.4. The molecule has 1 atom stereocenters. The first-order chi connectivity index (χ1) is 15.4. The number of β-amino-alcohol motifs (C(OH)–C–C–N with tert-alkyl or cyclic N) is 1. The van der Waals surface area contributed by atoms with Gasteiger partial charge >= 0.3 is 0 Å². The molecule has 2 saturated heterocycles. The van der Waals surface area contributed by atoms with Crippen LogP contribution in [0.3, 0.4) is 0 Å². The van der Waals surface area contributed by atoms with Gasteiger partial charge < -0.3 is 20.2 Å². The van der Waals surface area contributed by atoms with Crippen LogP contribution in [0, 0.1) is 5.82 Å². The maximum Gasteiger partial charge on any atom is 0.227 e. The summed E-state index contributed by atoms with van der Waals surface area (Å²) in [7, 11) is 0. The summed E-state index contributed by atoms with van der Waals surface area (Å²) in [6.07, 6.45) is 2.20. The molecule has 0 saturated carbocycles. The van der Waals surface area contributed by atoms with E-state index in [1.807, 2.05) is 24.3 Å². The lowest BCUT2D eigenvalue weighted by atomic mass is 9.80. The zero-order valence-electron chi connectivity index (χ0n) is 18.4. The quantitative estimate of drug-likeness (QED) is 0.726. The highest BCUT2D eigenvalue weighted by Gasteiger charge is 2.37. The number of aliphatic hydroxyl groups is 1. The summed E-state index contributed by atoms with van der Waals surface area (Å²) in [5.41, 5.74) is 2.07.